The minimum atomic E-state index is -0.620. The Labute approximate surface area is 311 Å². The van der Waals surface area contributed by atoms with E-state index >= 15 is 0 Å². The Morgan fingerprint density at radius 1 is 0.981 bits per heavy atom. The van der Waals surface area contributed by atoms with Gasteiger partial charge in [-0.15, -0.1) is 0 Å². The van der Waals surface area contributed by atoms with Crippen LogP contribution in [0.25, 0.3) is 39.2 Å². The maximum absolute atomic E-state index is 13.5. The molecule has 0 radical (unpaired) electrons. The number of aliphatic hydroxyl groups excluding tert-OH is 1. The molecule has 2 fully saturated rings. The number of rotatable bonds is 11. The van der Waals surface area contributed by atoms with Gasteiger partial charge in [-0.1, -0.05) is 65.7 Å². The topological polar surface area (TPSA) is 139 Å². The number of hydrogen-bond donors (Lipinski definition) is 4. The number of nitrogens with zero attached hydrogens (tertiary/aromatic N) is 3. The van der Waals surface area contributed by atoms with Gasteiger partial charge in [0, 0.05) is 84.5 Å². The fraction of sp³-hybridized carbons (Fsp3) is 0.333. The van der Waals surface area contributed by atoms with E-state index in [2.05, 4.69) is 16.0 Å². The highest BCUT2D eigenvalue weighted by Gasteiger charge is 2.24. The summed E-state index contributed by atoms with van der Waals surface area (Å²) in [5, 5.41) is 20.9. The molecule has 0 saturated carbocycles. The maximum atomic E-state index is 13.5. The Balaban J connectivity index is 1.13. The first kappa shape index (κ1) is 36.0. The van der Waals surface area contributed by atoms with E-state index in [1.54, 1.807) is 13.3 Å². The SMILES string of the molecule is COc1nc(-c2cccc(-c3cccc(-c4ccn5c(=O)c(CN[C@@H]6CCOC[C@@H]6O)c(C)nc5c4)c3Cl)c2Cl)ccc1CNC[C@H]1CCC(=O)N1. The minimum absolute atomic E-state index is 0.0917. The summed E-state index contributed by atoms with van der Waals surface area (Å²) >= 11 is 14.2. The van der Waals surface area contributed by atoms with Crippen LogP contribution in [-0.2, 0) is 22.6 Å². The Kier molecular flexibility index (Phi) is 10.9. The first-order valence-electron chi connectivity index (χ1n) is 17.3. The van der Waals surface area contributed by atoms with E-state index in [0.29, 0.717) is 77.6 Å². The van der Waals surface area contributed by atoms with E-state index in [1.165, 1.54) is 4.40 Å². The molecule has 52 heavy (non-hydrogen) atoms. The molecule has 270 valence electrons. The Morgan fingerprint density at radius 2 is 1.73 bits per heavy atom. The van der Waals surface area contributed by atoms with E-state index < -0.39 is 6.10 Å². The molecule has 0 aliphatic carbocycles. The van der Waals surface area contributed by atoms with Crippen LogP contribution in [0.3, 0.4) is 0 Å². The smallest absolute Gasteiger partial charge is 0.262 e. The average Bonchev–Trinajstić information content (AvgIpc) is 3.57. The molecule has 5 heterocycles. The van der Waals surface area contributed by atoms with E-state index in [1.807, 2.05) is 67.6 Å². The summed E-state index contributed by atoms with van der Waals surface area (Å²) in [5.74, 6) is 0.580. The van der Waals surface area contributed by atoms with Crippen molar-refractivity contribution in [3.63, 3.8) is 0 Å². The van der Waals surface area contributed by atoms with Crippen molar-refractivity contribution < 1.29 is 19.4 Å². The van der Waals surface area contributed by atoms with Crippen LogP contribution in [-0.4, -0.2) is 70.4 Å². The molecule has 1 amide bonds. The van der Waals surface area contributed by atoms with Crippen molar-refractivity contribution >= 4 is 34.8 Å². The molecule has 2 aliphatic rings. The number of hydrogen-bond acceptors (Lipinski definition) is 9. The van der Waals surface area contributed by atoms with Crippen molar-refractivity contribution in [1.29, 1.82) is 0 Å². The number of nitrogens with one attached hydrogen (secondary N) is 3. The molecule has 5 aromatic rings. The predicted molar refractivity (Wildman–Crippen MR) is 202 cm³/mol. The average molecular weight is 744 g/mol. The van der Waals surface area contributed by atoms with Gasteiger partial charge in [-0.2, -0.15) is 0 Å². The Bertz CT molecular complexity index is 2190. The number of aromatic nitrogens is 3. The van der Waals surface area contributed by atoms with Crippen molar-refractivity contribution in [2.24, 2.45) is 0 Å². The molecule has 3 aromatic heterocycles. The highest BCUT2D eigenvalue weighted by molar-refractivity contribution is 6.39. The van der Waals surface area contributed by atoms with Gasteiger partial charge in [-0.25, -0.2) is 9.97 Å². The zero-order chi connectivity index (χ0) is 36.4. The van der Waals surface area contributed by atoms with Crippen LogP contribution in [0, 0.1) is 6.92 Å². The predicted octanol–water partition coefficient (Wildman–Crippen LogP) is 5.32. The molecule has 3 atom stereocenters. The standard InChI is InChI=1S/C39H40Cl2N6O5/c1-22-30(20-43-32-14-16-52-21-33(32)48)39(50)47-15-13-23(17-34(47)44-22)26-5-3-6-27(36(26)40)28-7-4-8-29(37(28)41)31-11-9-24(38(46-31)51-2)18-42-19-25-10-12-35(49)45-25/h3-9,11,13,15,17,25,32-33,42-43,48H,10,12,14,16,18-21H2,1-2H3,(H,45,49)/t25-,32-,33+/m1/s1. The van der Waals surface area contributed by atoms with E-state index in [4.69, 9.17) is 42.6 Å². The van der Waals surface area contributed by atoms with Gasteiger partial charge in [0.05, 0.1) is 41.1 Å². The van der Waals surface area contributed by atoms with Gasteiger partial charge in [0.15, 0.2) is 0 Å². The van der Waals surface area contributed by atoms with Crippen LogP contribution in [0.5, 0.6) is 5.88 Å². The maximum Gasteiger partial charge on any atom is 0.262 e. The number of carbonyl (C=O) groups is 1. The number of aliphatic hydroxyl groups is 1. The second-order valence-electron chi connectivity index (χ2n) is 13.2. The van der Waals surface area contributed by atoms with E-state index in [-0.39, 0.29) is 30.2 Å². The second kappa shape index (κ2) is 15.7. The molecule has 0 unspecified atom stereocenters. The van der Waals surface area contributed by atoms with Crippen LogP contribution >= 0.6 is 23.2 Å². The molecular formula is C39H40Cl2N6O5. The minimum Gasteiger partial charge on any atom is -0.481 e. The molecule has 7 rings (SSSR count). The zero-order valence-electron chi connectivity index (χ0n) is 28.9. The Hall–Kier alpha value is -4.36. The first-order valence-corrected chi connectivity index (χ1v) is 18.1. The fourth-order valence-corrected chi connectivity index (χ4v) is 7.55. The van der Waals surface area contributed by atoms with Crippen LogP contribution in [0.2, 0.25) is 10.0 Å². The summed E-state index contributed by atoms with van der Waals surface area (Å²) in [6.45, 7) is 4.17. The molecule has 2 aromatic carbocycles. The number of aryl methyl sites for hydroxylation is 1. The van der Waals surface area contributed by atoms with Crippen LogP contribution in [0.4, 0.5) is 0 Å². The van der Waals surface area contributed by atoms with Gasteiger partial charge in [0.2, 0.25) is 11.8 Å². The number of halogens is 2. The highest BCUT2D eigenvalue weighted by atomic mass is 35.5. The molecule has 0 spiro atoms. The molecule has 2 saturated heterocycles. The number of pyridine rings is 2. The molecule has 11 nitrogen and oxygen atoms in total. The summed E-state index contributed by atoms with van der Waals surface area (Å²) in [4.78, 5) is 34.6. The van der Waals surface area contributed by atoms with Crippen molar-refractivity contribution in [3.05, 3.63) is 104 Å². The van der Waals surface area contributed by atoms with Crippen molar-refractivity contribution in [1.82, 2.24) is 30.3 Å². The first-order chi connectivity index (χ1) is 25.2. The molecule has 4 N–H and O–H groups in total. The third-order valence-corrected chi connectivity index (χ3v) is 10.6. The monoisotopic (exact) mass is 742 g/mol. The van der Waals surface area contributed by atoms with Gasteiger partial charge in [-0.3, -0.25) is 14.0 Å². The van der Waals surface area contributed by atoms with Gasteiger partial charge in [-0.05, 0) is 43.5 Å². The summed E-state index contributed by atoms with van der Waals surface area (Å²) in [5.41, 5.74) is 6.83. The molecule has 2 aliphatic heterocycles. The van der Waals surface area contributed by atoms with E-state index in [0.717, 1.165) is 39.8 Å². The lowest BCUT2D eigenvalue weighted by Gasteiger charge is -2.28. The lowest BCUT2D eigenvalue weighted by atomic mass is 9.97. The van der Waals surface area contributed by atoms with Crippen LogP contribution in [0.1, 0.15) is 36.1 Å². The number of ether oxygens (including phenoxy) is 2. The van der Waals surface area contributed by atoms with Crippen molar-refractivity contribution in [2.75, 3.05) is 26.9 Å². The fourth-order valence-electron chi connectivity index (χ4n) is 6.89. The summed E-state index contributed by atoms with van der Waals surface area (Å²) in [7, 11) is 1.59. The summed E-state index contributed by atoms with van der Waals surface area (Å²) in [6, 6.07) is 19.1. The zero-order valence-corrected chi connectivity index (χ0v) is 30.4. The summed E-state index contributed by atoms with van der Waals surface area (Å²) in [6.07, 6.45) is 3.16. The lowest BCUT2D eigenvalue weighted by Crippen LogP contribution is -2.46. The second-order valence-corrected chi connectivity index (χ2v) is 13.9. The van der Waals surface area contributed by atoms with Crippen molar-refractivity contribution in [2.45, 2.75) is 57.5 Å². The van der Waals surface area contributed by atoms with E-state index in [9.17, 15) is 14.7 Å². The Morgan fingerprint density at radius 3 is 2.46 bits per heavy atom. The number of methoxy groups -OCH3 is 1. The highest BCUT2D eigenvalue weighted by Crippen LogP contribution is 2.42. The largest absolute Gasteiger partial charge is 0.481 e. The quantitative estimate of drug-likeness (QED) is 0.142. The molecule has 0 bridgehead atoms. The van der Waals surface area contributed by atoms with Crippen LogP contribution in [0.15, 0.2) is 71.7 Å². The number of carbonyl (C=O) groups excluding carboxylic acids is 1. The number of amides is 1. The molecule has 13 heteroatoms. The third-order valence-electron chi connectivity index (χ3n) is 9.80. The van der Waals surface area contributed by atoms with Gasteiger partial charge in [0.25, 0.3) is 5.56 Å². The van der Waals surface area contributed by atoms with Gasteiger partial charge < -0.3 is 30.5 Å². The number of fused-ring (bicyclic) bond motifs is 1. The third kappa shape index (κ3) is 7.43. The van der Waals surface area contributed by atoms with Gasteiger partial charge in [0.1, 0.15) is 5.65 Å². The van der Waals surface area contributed by atoms with Crippen LogP contribution < -0.4 is 26.2 Å². The van der Waals surface area contributed by atoms with Crippen molar-refractivity contribution in [3.8, 4) is 39.4 Å². The number of benzene rings is 2. The lowest BCUT2D eigenvalue weighted by molar-refractivity contribution is -0.119. The van der Waals surface area contributed by atoms with Gasteiger partial charge >= 0.3 is 0 Å². The molecular weight excluding hydrogens is 703 g/mol. The summed E-state index contributed by atoms with van der Waals surface area (Å²) < 4.78 is 12.5. The normalized spacial score (nSPS) is 18.9.